The molecule has 1 aromatic rings. The Morgan fingerprint density at radius 1 is 1.38 bits per heavy atom. The maximum absolute atomic E-state index is 5.99. The molecule has 0 amide bonds. The van der Waals surface area contributed by atoms with Crippen LogP contribution >= 0.6 is 11.6 Å². The summed E-state index contributed by atoms with van der Waals surface area (Å²) in [5.74, 6) is 0.652. The molecule has 3 nitrogen and oxygen atoms in total. The third-order valence-corrected chi connectivity index (χ3v) is 2.45. The van der Waals surface area contributed by atoms with E-state index in [9.17, 15) is 0 Å². The molecule has 0 saturated heterocycles. The Balaban J connectivity index is 3.08. The second kappa shape index (κ2) is 5.11. The quantitative estimate of drug-likeness (QED) is 0.761. The minimum absolute atomic E-state index is 0.0345. The highest BCUT2D eigenvalue weighted by atomic mass is 35.5. The number of hydrogen-bond donors (Lipinski definition) is 0. The third kappa shape index (κ3) is 3.42. The van der Waals surface area contributed by atoms with Gasteiger partial charge in [0, 0.05) is 12.0 Å². The SMILES string of the molecule is CCOC(C)c1nc(Cl)cc(C(C)(C)C)n1. The van der Waals surface area contributed by atoms with E-state index in [4.69, 9.17) is 16.3 Å². The van der Waals surface area contributed by atoms with Crippen molar-refractivity contribution in [2.45, 2.75) is 46.1 Å². The number of ether oxygens (including phenoxy) is 1. The monoisotopic (exact) mass is 242 g/mol. The topological polar surface area (TPSA) is 35.0 Å². The molecule has 0 radical (unpaired) electrons. The van der Waals surface area contributed by atoms with E-state index in [0.717, 1.165) is 5.69 Å². The summed E-state index contributed by atoms with van der Waals surface area (Å²) in [5.41, 5.74) is 0.904. The molecule has 0 aliphatic rings. The maximum atomic E-state index is 5.99. The first-order chi connectivity index (χ1) is 7.34. The van der Waals surface area contributed by atoms with Crippen LogP contribution in [0.3, 0.4) is 0 Å². The second-order valence-electron chi connectivity index (χ2n) is 4.78. The Bertz CT molecular complexity index is 361. The predicted octanol–water partition coefficient (Wildman–Crippen LogP) is 3.53. The van der Waals surface area contributed by atoms with Crippen molar-refractivity contribution in [3.8, 4) is 0 Å². The van der Waals surface area contributed by atoms with E-state index in [1.54, 1.807) is 0 Å². The van der Waals surface area contributed by atoms with Crippen molar-refractivity contribution in [3.05, 3.63) is 22.7 Å². The van der Waals surface area contributed by atoms with Crippen LogP contribution in [-0.2, 0) is 10.2 Å². The van der Waals surface area contributed by atoms with Gasteiger partial charge in [-0.25, -0.2) is 9.97 Å². The zero-order chi connectivity index (χ0) is 12.3. The van der Waals surface area contributed by atoms with Gasteiger partial charge in [-0.1, -0.05) is 32.4 Å². The van der Waals surface area contributed by atoms with Crippen molar-refractivity contribution >= 4 is 11.6 Å². The maximum Gasteiger partial charge on any atom is 0.158 e. The minimum Gasteiger partial charge on any atom is -0.371 e. The molecular formula is C12H19ClN2O. The summed E-state index contributed by atoms with van der Waals surface area (Å²) in [6.45, 7) is 10.8. The Hall–Kier alpha value is -0.670. The number of nitrogens with zero attached hydrogens (tertiary/aromatic N) is 2. The number of rotatable bonds is 3. The van der Waals surface area contributed by atoms with Crippen molar-refractivity contribution in [3.63, 3.8) is 0 Å². The van der Waals surface area contributed by atoms with Gasteiger partial charge >= 0.3 is 0 Å². The standard InChI is InChI=1S/C12H19ClN2O/c1-6-16-8(2)11-14-9(12(3,4)5)7-10(13)15-11/h7-8H,6H2,1-5H3. The predicted molar refractivity (Wildman–Crippen MR) is 65.8 cm³/mol. The van der Waals surface area contributed by atoms with Gasteiger partial charge in [-0.15, -0.1) is 0 Å². The van der Waals surface area contributed by atoms with Crippen molar-refractivity contribution < 1.29 is 4.74 Å². The number of halogens is 1. The molecule has 1 heterocycles. The molecule has 90 valence electrons. The molecule has 1 unspecified atom stereocenters. The van der Waals surface area contributed by atoms with Crippen LogP contribution in [0.4, 0.5) is 0 Å². The zero-order valence-corrected chi connectivity index (χ0v) is 11.3. The van der Waals surface area contributed by atoms with Crippen LogP contribution in [0.1, 0.15) is 52.2 Å². The largest absolute Gasteiger partial charge is 0.371 e. The second-order valence-corrected chi connectivity index (χ2v) is 5.17. The van der Waals surface area contributed by atoms with Gasteiger partial charge in [0.25, 0.3) is 0 Å². The molecule has 0 N–H and O–H groups in total. The normalized spacial score (nSPS) is 13.9. The number of aromatic nitrogens is 2. The summed E-state index contributed by atoms with van der Waals surface area (Å²) >= 11 is 5.99. The first-order valence-corrected chi connectivity index (χ1v) is 5.89. The lowest BCUT2D eigenvalue weighted by molar-refractivity contribution is 0.0697. The van der Waals surface area contributed by atoms with E-state index in [0.29, 0.717) is 17.6 Å². The first-order valence-electron chi connectivity index (χ1n) is 5.51. The molecule has 0 spiro atoms. The smallest absolute Gasteiger partial charge is 0.158 e. The zero-order valence-electron chi connectivity index (χ0n) is 10.5. The molecule has 0 saturated carbocycles. The molecule has 0 aliphatic carbocycles. The van der Waals surface area contributed by atoms with Crippen molar-refractivity contribution in [2.24, 2.45) is 0 Å². The van der Waals surface area contributed by atoms with Crippen LogP contribution in [0.5, 0.6) is 0 Å². The van der Waals surface area contributed by atoms with Gasteiger partial charge in [-0.05, 0) is 19.9 Å². The van der Waals surface area contributed by atoms with Crippen LogP contribution in [0.2, 0.25) is 5.15 Å². The van der Waals surface area contributed by atoms with Gasteiger partial charge in [0.15, 0.2) is 5.82 Å². The molecular weight excluding hydrogens is 224 g/mol. The Kier molecular flexibility index (Phi) is 4.28. The molecule has 0 aliphatic heterocycles. The lowest BCUT2D eigenvalue weighted by Crippen LogP contribution is -2.17. The van der Waals surface area contributed by atoms with Gasteiger partial charge in [0.1, 0.15) is 11.3 Å². The Labute approximate surface area is 102 Å². The van der Waals surface area contributed by atoms with Gasteiger partial charge in [0.2, 0.25) is 0 Å². The molecule has 1 aromatic heterocycles. The molecule has 0 aromatic carbocycles. The van der Waals surface area contributed by atoms with E-state index < -0.39 is 0 Å². The van der Waals surface area contributed by atoms with Crippen LogP contribution in [0, 0.1) is 0 Å². The van der Waals surface area contributed by atoms with Crippen molar-refractivity contribution in [2.75, 3.05) is 6.61 Å². The third-order valence-electron chi connectivity index (χ3n) is 2.26. The Morgan fingerprint density at radius 3 is 2.50 bits per heavy atom. The fourth-order valence-corrected chi connectivity index (χ4v) is 1.52. The highest BCUT2D eigenvalue weighted by Crippen LogP contribution is 2.24. The van der Waals surface area contributed by atoms with E-state index >= 15 is 0 Å². The molecule has 0 bridgehead atoms. The summed E-state index contributed by atoms with van der Waals surface area (Å²) in [6.07, 6.45) is -0.121. The molecule has 1 rings (SSSR count). The summed E-state index contributed by atoms with van der Waals surface area (Å²) in [6, 6.07) is 1.81. The molecule has 0 fully saturated rings. The fourth-order valence-electron chi connectivity index (χ4n) is 1.33. The van der Waals surface area contributed by atoms with E-state index in [1.165, 1.54) is 0 Å². The van der Waals surface area contributed by atoms with Crippen molar-refractivity contribution in [1.82, 2.24) is 9.97 Å². The van der Waals surface area contributed by atoms with E-state index in [1.807, 2.05) is 19.9 Å². The minimum atomic E-state index is -0.121. The summed E-state index contributed by atoms with van der Waals surface area (Å²) < 4.78 is 5.47. The highest BCUT2D eigenvalue weighted by molar-refractivity contribution is 6.29. The summed E-state index contributed by atoms with van der Waals surface area (Å²) in [7, 11) is 0. The van der Waals surface area contributed by atoms with Crippen molar-refractivity contribution in [1.29, 1.82) is 0 Å². The average molecular weight is 243 g/mol. The van der Waals surface area contributed by atoms with Gasteiger partial charge in [0.05, 0.1) is 5.69 Å². The van der Waals surface area contributed by atoms with Gasteiger partial charge in [-0.3, -0.25) is 0 Å². The Morgan fingerprint density at radius 2 is 2.00 bits per heavy atom. The van der Waals surface area contributed by atoms with Gasteiger partial charge < -0.3 is 4.74 Å². The highest BCUT2D eigenvalue weighted by Gasteiger charge is 2.19. The number of hydrogen-bond acceptors (Lipinski definition) is 3. The molecule has 16 heavy (non-hydrogen) atoms. The van der Waals surface area contributed by atoms with Crippen LogP contribution in [0.15, 0.2) is 6.07 Å². The summed E-state index contributed by atoms with van der Waals surface area (Å²) in [5, 5.41) is 0.474. The van der Waals surface area contributed by atoms with Crippen LogP contribution in [0.25, 0.3) is 0 Å². The van der Waals surface area contributed by atoms with Crippen LogP contribution < -0.4 is 0 Å². The molecule has 1 atom stereocenters. The van der Waals surface area contributed by atoms with Crippen LogP contribution in [-0.4, -0.2) is 16.6 Å². The lowest BCUT2D eigenvalue weighted by Gasteiger charge is -2.20. The molecule has 4 heteroatoms. The van der Waals surface area contributed by atoms with E-state index in [-0.39, 0.29) is 11.5 Å². The van der Waals surface area contributed by atoms with Gasteiger partial charge in [-0.2, -0.15) is 0 Å². The lowest BCUT2D eigenvalue weighted by atomic mass is 9.92. The first kappa shape index (κ1) is 13.4. The van der Waals surface area contributed by atoms with E-state index in [2.05, 4.69) is 30.7 Å². The fraction of sp³-hybridized carbons (Fsp3) is 0.667. The average Bonchev–Trinajstić information content (AvgIpc) is 2.16. The summed E-state index contributed by atoms with van der Waals surface area (Å²) in [4.78, 5) is 8.70.